The van der Waals surface area contributed by atoms with Gasteiger partial charge in [-0.1, -0.05) is 23.7 Å². The number of halogens is 1. The van der Waals surface area contributed by atoms with Gasteiger partial charge in [-0.15, -0.1) is 0 Å². The van der Waals surface area contributed by atoms with Crippen molar-refractivity contribution in [3.05, 3.63) is 46.2 Å². The van der Waals surface area contributed by atoms with E-state index < -0.39 is 6.10 Å². The van der Waals surface area contributed by atoms with E-state index in [-0.39, 0.29) is 0 Å². The number of aliphatic hydroxyl groups excluding tert-OH is 1. The topological polar surface area (TPSA) is 52.2 Å². The quantitative estimate of drug-likeness (QED) is 0.813. The van der Waals surface area contributed by atoms with Crippen molar-refractivity contribution in [3.63, 3.8) is 0 Å². The molecule has 23 heavy (non-hydrogen) atoms. The Morgan fingerprint density at radius 1 is 1.26 bits per heavy atom. The molecule has 2 N–H and O–H groups in total. The lowest BCUT2D eigenvalue weighted by atomic mass is 9.88. The Hall–Kier alpha value is -1.01. The monoisotopic (exact) mass is 351 g/mol. The van der Waals surface area contributed by atoms with Crippen molar-refractivity contribution in [1.29, 1.82) is 0 Å². The fraction of sp³-hybridized carbons (Fsp3) is 0.471. The molecule has 6 heteroatoms. The number of aryl methyl sites for hydroxylation is 2. The first-order valence-electron chi connectivity index (χ1n) is 7.92. The SMILES string of the molecule is Cc1n[nH]c(C)c1SN1CCC(C(O)c2ccc(Cl)cc2)CC1. The number of H-pyrrole nitrogens is 1. The van der Waals surface area contributed by atoms with Crippen LogP contribution in [0.3, 0.4) is 0 Å². The highest BCUT2D eigenvalue weighted by molar-refractivity contribution is 7.97. The Kier molecular flexibility index (Phi) is 5.31. The van der Waals surface area contributed by atoms with Crippen LogP contribution >= 0.6 is 23.5 Å². The van der Waals surface area contributed by atoms with Crippen LogP contribution in [0.5, 0.6) is 0 Å². The summed E-state index contributed by atoms with van der Waals surface area (Å²) in [4.78, 5) is 1.22. The maximum Gasteiger partial charge on any atom is 0.0819 e. The zero-order valence-corrected chi connectivity index (χ0v) is 15.0. The van der Waals surface area contributed by atoms with Crippen LogP contribution in [0.4, 0.5) is 0 Å². The number of hydrogen-bond acceptors (Lipinski definition) is 4. The molecule has 1 aliphatic heterocycles. The van der Waals surface area contributed by atoms with Gasteiger partial charge < -0.3 is 5.11 Å². The average Bonchev–Trinajstić information content (AvgIpc) is 2.87. The maximum absolute atomic E-state index is 10.6. The van der Waals surface area contributed by atoms with E-state index in [0.717, 1.165) is 42.9 Å². The zero-order valence-electron chi connectivity index (χ0n) is 13.4. The lowest BCUT2D eigenvalue weighted by Crippen LogP contribution is -2.31. The molecule has 3 rings (SSSR count). The van der Waals surface area contributed by atoms with Gasteiger partial charge in [0.25, 0.3) is 0 Å². The summed E-state index contributed by atoms with van der Waals surface area (Å²) < 4.78 is 2.37. The first-order chi connectivity index (χ1) is 11.0. The van der Waals surface area contributed by atoms with Crippen molar-refractivity contribution < 1.29 is 5.11 Å². The molecular weight excluding hydrogens is 330 g/mol. The van der Waals surface area contributed by atoms with E-state index in [9.17, 15) is 5.11 Å². The Bertz CT molecular complexity index is 631. The van der Waals surface area contributed by atoms with E-state index in [4.69, 9.17) is 11.6 Å². The number of rotatable bonds is 4. The summed E-state index contributed by atoms with van der Waals surface area (Å²) in [7, 11) is 0. The van der Waals surface area contributed by atoms with Gasteiger partial charge in [0, 0.05) is 23.8 Å². The molecule has 0 amide bonds. The van der Waals surface area contributed by atoms with Gasteiger partial charge in [0.05, 0.1) is 16.7 Å². The number of hydrogen-bond donors (Lipinski definition) is 2. The molecule has 0 aliphatic carbocycles. The summed E-state index contributed by atoms with van der Waals surface area (Å²) >= 11 is 7.69. The van der Waals surface area contributed by atoms with E-state index >= 15 is 0 Å². The van der Waals surface area contributed by atoms with Gasteiger partial charge in [0.1, 0.15) is 0 Å². The molecule has 4 nitrogen and oxygen atoms in total. The van der Waals surface area contributed by atoms with Crippen molar-refractivity contribution in [2.75, 3.05) is 13.1 Å². The third kappa shape index (κ3) is 3.91. The largest absolute Gasteiger partial charge is 0.388 e. The number of nitrogens with zero attached hydrogens (tertiary/aromatic N) is 2. The molecule has 1 aromatic carbocycles. The van der Waals surface area contributed by atoms with Crippen molar-refractivity contribution in [3.8, 4) is 0 Å². The predicted molar refractivity (Wildman–Crippen MR) is 94.6 cm³/mol. The van der Waals surface area contributed by atoms with Crippen molar-refractivity contribution >= 4 is 23.5 Å². The highest BCUT2D eigenvalue weighted by atomic mass is 35.5. The highest BCUT2D eigenvalue weighted by Crippen LogP contribution is 2.36. The third-order valence-electron chi connectivity index (χ3n) is 4.44. The molecule has 1 aromatic heterocycles. The van der Waals surface area contributed by atoms with Crippen LogP contribution in [0.2, 0.25) is 5.02 Å². The average molecular weight is 352 g/mol. The molecular formula is C17H22ClN3OS. The lowest BCUT2D eigenvalue weighted by Gasteiger charge is -2.33. The van der Waals surface area contributed by atoms with Gasteiger partial charge in [-0.25, -0.2) is 4.31 Å². The molecule has 1 saturated heterocycles. The summed E-state index contributed by atoms with van der Waals surface area (Å²) in [5.41, 5.74) is 3.13. The molecule has 0 saturated carbocycles. The number of nitrogens with one attached hydrogen (secondary N) is 1. The minimum atomic E-state index is -0.406. The second-order valence-corrected chi connectivity index (χ2v) is 7.66. The van der Waals surface area contributed by atoms with Gasteiger partial charge in [0.15, 0.2) is 0 Å². The smallest absolute Gasteiger partial charge is 0.0819 e. The standard InChI is InChI=1S/C17H22ClN3OS/c1-11-17(12(2)20-19-11)23-21-9-7-14(8-10-21)16(22)13-3-5-15(18)6-4-13/h3-6,14,16,22H,7-10H2,1-2H3,(H,19,20). The van der Waals surface area contributed by atoms with E-state index in [2.05, 4.69) is 21.4 Å². The van der Waals surface area contributed by atoms with E-state index in [1.165, 1.54) is 4.90 Å². The van der Waals surface area contributed by atoms with Crippen LogP contribution in [0.15, 0.2) is 29.2 Å². The van der Waals surface area contributed by atoms with Gasteiger partial charge in [-0.05, 0) is 62.3 Å². The second-order valence-electron chi connectivity index (χ2n) is 6.12. The minimum Gasteiger partial charge on any atom is -0.388 e. The number of aromatic nitrogens is 2. The highest BCUT2D eigenvalue weighted by Gasteiger charge is 2.27. The van der Waals surface area contributed by atoms with Crippen LogP contribution in [0, 0.1) is 19.8 Å². The zero-order chi connectivity index (χ0) is 16.4. The summed E-state index contributed by atoms with van der Waals surface area (Å²) in [6.45, 7) is 6.04. The number of aromatic amines is 1. The first-order valence-corrected chi connectivity index (χ1v) is 9.07. The molecule has 0 bridgehead atoms. The summed E-state index contributed by atoms with van der Waals surface area (Å²) in [5.74, 6) is 0.305. The van der Waals surface area contributed by atoms with Crippen LogP contribution in [-0.2, 0) is 0 Å². The Morgan fingerprint density at radius 2 is 1.91 bits per heavy atom. The fourth-order valence-electron chi connectivity index (χ4n) is 3.02. The van der Waals surface area contributed by atoms with Crippen molar-refractivity contribution in [2.45, 2.75) is 37.7 Å². The summed E-state index contributed by atoms with van der Waals surface area (Å²) in [6.07, 6.45) is 1.58. The molecule has 2 aromatic rings. The van der Waals surface area contributed by atoms with Crippen LogP contribution in [0.1, 0.15) is 35.9 Å². The molecule has 0 spiro atoms. The van der Waals surface area contributed by atoms with E-state index in [1.807, 2.05) is 31.2 Å². The summed E-state index contributed by atoms with van der Waals surface area (Å²) in [6, 6.07) is 7.53. The Morgan fingerprint density at radius 3 is 2.48 bits per heavy atom. The van der Waals surface area contributed by atoms with Crippen LogP contribution in [0.25, 0.3) is 0 Å². The van der Waals surface area contributed by atoms with Crippen LogP contribution < -0.4 is 0 Å². The molecule has 1 fully saturated rings. The van der Waals surface area contributed by atoms with Crippen LogP contribution in [-0.4, -0.2) is 32.7 Å². The molecule has 1 aliphatic rings. The Balaban J connectivity index is 1.57. The molecule has 1 atom stereocenters. The molecule has 0 radical (unpaired) electrons. The van der Waals surface area contributed by atoms with Gasteiger partial charge >= 0.3 is 0 Å². The van der Waals surface area contributed by atoms with E-state index in [1.54, 1.807) is 11.9 Å². The second kappa shape index (κ2) is 7.26. The van der Waals surface area contributed by atoms with Gasteiger partial charge in [-0.3, -0.25) is 5.10 Å². The van der Waals surface area contributed by atoms with Gasteiger partial charge in [-0.2, -0.15) is 5.10 Å². The number of aliphatic hydroxyl groups is 1. The first kappa shape index (κ1) is 16.8. The Labute approximate surface area is 146 Å². The lowest BCUT2D eigenvalue weighted by molar-refractivity contribution is 0.0778. The third-order valence-corrected chi connectivity index (χ3v) is 6.10. The van der Waals surface area contributed by atoms with E-state index in [0.29, 0.717) is 10.9 Å². The maximum atomic E-state index is 10.6. The molecule has 1 unspecified atom stereocenters. The minimum absolute atomic E-state index is 0.305. The normalized spacial score (nSPS) is 18.3. The van der Waals surface area contributed by atoms with Crippen molar-refractivity contribution in [2.24, 2.45) is 5.92 Å². The van der Waals surface area contributed by atoms with Crippen molar-refractivity contribution in [1.82, 2.24) is 14.5 Å². The number of benzene rings is 1. The fourth-order valence-corrected chi connectivity index (χ4v) is 4.16. The van der Waals surface area contributed by atoms with Gasteiger partial charge in [0.2, 0.25) is 0 Å². The molecule has 2 heterocycles. The molecule has 124 valence electrons. The predicted octanol–water partition coefficient (Wildman–Crippen LogP) is 4.13. The number of piperidine rings is 1. The summed E-state index contributed by atoms with van der Waals surface area (Å²) in [5, 5.41) is 18.6.